The second-order valence-electron chi connectivity index (χ2n) is 4.69. The molecular weight excluding hydrogens is 212 g/mol. The normalized spacial score (nSPS) is 29.1. The van der Waals surface area contributed by atoms with E-state index in [0.717, 1.165) is 31.6 Å². The molecule has 4 heteroatoms. The lowest BCUT2D eigenvalue weighted by atomic mass is 10.2. The van der Waals surface area contributed by atoms with Crippen LogP contribution in [0, 0.1) is 0 Å². The summed E-state index contributed by atoms with van der Waals surface area (Å²) in [5.41, 5.74) is 2.77. The van der Waals surface area contributed by atoms with Crippen LogP contribution in [0.1, 0.15) is 13.3 Å². The zero-order valence-corrected chi connectivity index (χ0v) is 10.5. The molecule has 1 N–H and O–H groups in total. The van der Waals surface area contributed by atoms with Crippen LogP contribution in [0.3, 0.4) is 0 Å². The minimum atomic E-state index is -0.182. The van der Waals surface area contributed by atoms with Crippen LogP contribution in [-0.4, -0.2) is 60.8 Å². The lowest BCUT2D eigenvalue weighted by Gasteiger charge is -2.26. The molecule has 2 atom stereocenters. The third-order valence-electron chi connectivity index (χ3n) is 2.72. The minimum Gasteiger partial charge on any atom is -0.392 e. The summed E-state index contributed by atoms with van der Waals surface area (Å²) in [5, 5.41) is 9.66. The van der Waals surface area contributed by atoms with Gasteiger partial charge in [-0.25, -0.2) is 0 Å². The van der Waals surface area contributed by atoms with E-state index in [1.807, 2.05) is 6.92 Å². The highest BCUT2D eigenvalue weighted by Crippen LogP contribution is 2.19. The minimum absolute atomic E-state index is 0.182. The van der Waals surface area contributed by atoms with Crippen LogP contribution in [0.15, 0.2) is 11.1 Å². The van der Waals surface area contributed by atoms with Gasteiger partial charge in [0.05, 0.1) is 6.10 Å². The number of hydrogen-bond acceptors (Lipinski definition) is 3. The van der Waals surface area contributed by atoms with Crippen LogP contribution in [0.4, 0.5) is 0 Å². The van der Waals surface area contributed by atoms with E-state index in [4.69, 9.17) is 11.6 Å². The van der Waals surface area contributed by atoms with Gasteiger partial charge in [0.1, 0.15) is 0 Å². The van der Waals surface area contributed by atoms with Gasteiger partial charge in [-0.2, -0.15) is 0 Å². The molecule has 0 aliphatic carbocycles. The molecule has 0 spiro atoms. The summed E-state index contributed by atoms with van der Waals surface area (Å²) in [6, 6.07) is 0.446. The quantitative estimate of drug-likeness (QED) is 0.787. The van der Waals surface area contributed by atoms with Crippen LogP contribution in [-0.2, 0) is 0 Å². The summed E-state index contributed by atoms with van der Waals surface area (Å²) < 4.78 is 0. The van der Waals surface area contributed by atoms with Crippen LogP contribution in [0.5, 0.6) is 0 Å². The second-order valence-corrected chi connectivity index (χ2v) is 4.91. The molecular formula is C11H21ClN2O. The van der Waals surface area contributed by atoms with Crippen molar-refractivity contribution in [2.24, 2.45) is 0 Å². The Kier molecular flexibility index (Phi) is 5.06. The van der Waals surface area contributed by atoms with Crippen molar-refractivity contribution in [3.05, 3.63) is 11.1 Å². The molecule has 0 radical (unpaired) electrons. The number of β-amino-alcohol motifs (C(OH)–C–C–N with tert-alkyl or cyclic N) is 1. The average Bonchev–Trinajstić information content (AvgIpc) is 2.45. The molecule has 1 aliphatic rings. The first-order valence-electron chi connectivity index (χ1n) is 5.35. The Hall–Kier alpha value is -0.0900. The van der Waals surface area contributed by atoms with E-state index < -0.39 is 0 Å². The van der Waals surface area contributed by atoms with Crippen LogP contribution in [0.25, 0.3) is 0 Å². The van der Waals surface area contributed by atoms with Crippen molar-refractivity contribution in [2.75, 3.05) is 33.7 Å². The number of likely N-dealkylation sites (N-methyl/N-ethyl adjacent to an activating group) is 1. The van der Waals surface area contributed by atoms with Crippen molar-refractivity contribution in [1.82, 2.24) is 9.80 Å². The first kappa shape index (κ1) is 13.0. The molecule has 0 bridgehead atoms. The molecule has 1 fully saturated rings. The molecule has 15 heavy (non-hydrogen) atoms. The molecule has 88 valence electrons. The fourth-order valence-corrected chi connectivity index (χ4v) is 2.19. The Labute approximate surface area is 97.3 Å². The lowest BCUT2D eigenvalue weighted by molar-refractivity contribution is 0.177. The number of rotatable bonds is 4. The van der Waals surface area contributed by atoms with Crippen molar-refractivity contribution in [1.29, 1.82) is 0 Å². The van der Waals surface area contributed by atoms with Crippen molar-refractivity contribution in [3.63, 3.8) is 0 Å². The summed E-state index contributed by atoms with van der Waals surface area (Å²) in [5.74, 6) is 0. The van der Waals surface area contributed by atoms with Gasteiger partial charge in [0.25, 0.3) is 0 Å². The maximum atomic E-state index is 9.66. The van der Waals surface area contributed by atoms with E-state index in [0.29, 0.717) is 6.04 Å². The zero-order chi connectivity index (χ0) is 11.4. The molecule has 0 saturated carbocycles. The fraction of sp³-hybridized carbons (Fsp3) is 0.818. The highest BCUT2D eigenvalue weighted by molar-refractivity contribution is 6.25. The van der Waals surface area contributed by atoms with Gasteiger partial charge in [-0.1, -0.05) is 11.6 Å². The summed E-state index contributed by atoms with van der Waals surface area (Å²) in [4.78, 5) is 4.47. The van der Waals surface area contributed by atoms with Crippen molar-refractivity contribution in [2.45, 2.75) is 25.5 Å². The molecule has 1 saturated heterocycles. The van der Waals surface area contributed by atoms with E-state index >= 15 is 0 Å². The molecule has 2 unspecified atom stereocenters. The first-order chi connectivity index (χ1) is 7.02. The van der Waals surface area contributed by atoms with Gasteiger partial charge in [-0.3, -0.25) is 4.90 Å². The molecule has 0 aromatic carbocycles. The Morgan fingerprint density at radius 3 is 2.80 bits per heavy atom. The maximum absolute atomic E-state index is 9.66. The van der Waals surface area contributed by atoms with Gasteiger partial charge in [-0.05, 0) is 33.0 Å². The molecule has 1 heterocycles. The smallest absolute Gasteiger partial charge is 0.0682 e. The lowest BCUT2D eigenvalue weighted by Crippen LogP contribution is -2.38. The standard InChI is InChI=1S/C11H21ClN2O/c1-9(5-12)6-14-8-11(15)4-10(14)7-13(2)3/h5,10-11,15H,4,6-8H2,1-3H3. The predicted molar refractivity (Wildman–Crippen MR) is 64.1 cm³/mol. The predicted octanol–water partition coefficient (Wildman–Crippen LogP) is 1.13. The summed E-state index contributed by atoms with van der Waals surface area (Å²) in [7, 11) is 4.13. The van der Waals surface area contributed by atoms with Gasteiger partial charge < -0.3 is 10.0 Å². The Bertz CT molecular complexity index is 231. The molecule has 3 nitrogen and oxygen atoms in total. The van der Waals surface area contributed by atoms with E-state index in [1.165, 1.54) is 0 Å². The van der Waals surface area contributed by atoms with Gasteiger partial charge >= 0.3 is 0 Å². The van der Waals surface area contributed by atoms with Crippen LogP contribution in [0.2, 0.25) is 0 Å². The molecule has 0 aromatic heterocycles. The zero-order valence-electron chi connectivity index (χ0n) is 9.78. The summed E-state index contributed by atoms with van der Waals surface area (Å²) >= 11 is 5.66. The highest BCUT2D eigenvalue weighted by atomic mass is 35.5. The van der Waals surface area contributed by atoms with Crippen LogP contribution >= 0.6 is 11.6 Å². The number of halogens is 1. The average molecular weight is 233 g/mol. The van der Waals surface area contributed by atoms with Gasteiger partial charge in [0, 0.05) is 31.2 Å². The summed E-state index contributed by atoms with van der Waals surface area (Å²) in [6.45, 7) is 4.64. The van der Waals surface area contributed by atoms with Gasteiger partial charge in [0.15, 0.2) is 0 Å². The largest absolute Gasteiger partial charge is 0.392 e. The SMILES string of the molecule is CC(=CCl)CN1CC(O)CC1CN(C)C. The topological polar surface area (TPSA) is 26.7 Å². The number of aliphatic hydroxyl groups is 1. The van der Waals surface area contributed by atoms with Gasteiger partial charge in [0.2, 0.25) is 0 Å². The number of nitrogens with zero attached hydrogens (tertiary/aromatic N) is 2. The number of likely N-dealkylation sites (tertiary alicyclic amines) is 1. The van der Waals surface area contributed by atoms with E-state index in [-0.39, 0.29) is 6.10 Å². The molecule has 0 amide bonds. The van der Waals surface area contributed by atoms with E-state index in [1.54, 1.807) is 5.54 Å². The Morgan fingerprint density at radius 1 is 1.60 bits per heavy atom. The van der Waals surface area contributed by atoms with Crippen molar-refractivity contribution < 1.29 is 5.11 Å². The monoisotopic (exact) mass is 232 g/mol. The molecule has 1 aliphatic heterocycles. The first-order valence-corrected chi connectivity index (χ1v) is 5.79. The van der Waals surface area contributed by atoms with Crippen LogP contribution < -0.4 is 0 Å². The van der Waals surface area contributed by atoms with E-state index in [9.17, 15) is 5.11 Å². The fourth-order valence-electron chi connectivity index (χ4n) is 2.12. The van der Waals surface area contributed by atoms with E-state index in [2.05, 4.69) is 23.9 Å². The second kappa shape index (κ2) is 5.85. The highest BCUT2D eigenvalue weighted by Gasteiger charge is 2.30. The third kappa shape index (κ3) is 4.11. The van der Waals surface area contributed by atoms with Crippen molar-refractivity contribution >= 4 is 11.6 Å². The number of aliphatic hydroxyl groups excluding tert-OH is 1. The van der Waals surface area contributed by atoms with Gasteiger partial charge in [-0.15, -0.1) is 0 Å². The Morgan fingerprint density at radius 2 is 2.27 bits per heavy atom. The maximum Gasteiger partial charge on any atom is 0.0682 e. The molecule has 1 rings (SSSR count). The number of hydrogen-bond donors (Lipinski definition) is 1. The molecule has 0 aromatic rings. The third-order valence-corrected chi connectivity index (χ3v) is 3.09. The van der Waals surface area contributed by atoms with Crippen molar-refractivity contribution in [3.8, 4) is 0 Å². The summed E-state index contributed by atoms with van der Waals surface area (Å²) in [6.07, 6.45) is 0.686. The Balaban J connectivity index is 2.52.